The molecule has 0 aliphatic rings. The van der Waals surface area contributed by atoms with Crippen molar-refractivity contribution in [1.29, 1.82) is 0 Å². The normalized spacial score (nSPS) is 12.0. The maximum atomic E-state index is 11.7. The third-order valence-corrected chi connectivity index (χ3v) is 3.36. The van der Waals surface area contributed by atoms with Crippen molar-refractivity contribution in [1.82, 2.24) is 0 Å². The summed E-state index contributed by atoms with van der Waals surface area (Å²) in [5.41, 5.74) is 6.22. The standard InChI is InChI=1S/C16H19NO6/c1-4-22-16(19)11(17)5-9-6-15(18)23-12-8-14(21-3)13(20-2)7-10(9)12/h6-8,11H,4-5,17H2,1-3H3/t11-/m0/s1. The van der Waals surface area contributed by atoms with Gasteiger partial charge in [0.1, 0.15) is 11.6 Å². The highest BCUT2D eigenvalue weighted by molar-refractivity contribution is 5.85. The molecule has 7 nitrogen and oxygen atoms in total. The Labute approximate surface area is 132 Å². The lowest BCUT2D eigenvalue weighted by molar-refractivity contribution is -0.144. The number of methoxy groups -OCH3 is 2. The Balaban J connectivity index is 2.50. The number of carbonyl (C=O) groups is 1. The van der Waals surface area contributed by atoms with E-state index in [4.69, 9.17) is 24.4 Å². The lowest BCUT2D eigenvalue weighted by Crippen LogP contribution is -2.34. The van der Waals surface area contributed by atoms with Gasteiger partial charge < -0.3 is 24.4 Å². The summed E-state index contributed by atoms with van der Waals surface area (Å²) in [6, 6.07) is 3.69. The molecule has 1 atom stereocenters. The molecule has 1 aromatic carbocycles. The van der Waals surface area contributed by atoms with Crippen molar-refractivity contribution < 1.29 is 23.4 Å². The largest absolute Gasteiger partial charge is 0.493 e. The highest BCUT2D eigenvalue weighted by atomic mass is 16.5. The molecule has 0 bridgehead atoms. The average molecular weight is 321 g/mol. The molecule has 0 saturated carbocycles. The molecule has 124 valence electrons. The lowest BCUT2D eigenvalue weighted by atomic mass is 10.0. The van der Waals surface area contributed by atoms with E-state index in [1.54, 1.807) is 19.1 Å². The molecule has 0 aliphatic carbocycles. The molecule has 23 heavy (non-hydrogen) atoms. The fourth-order valence-electron chi connectivity index (χ4n) is 2.29. The Hall–Kier alpha value is -2.54. The van der Waals surface area contributed by atoms with Crippen molar-refractivity contribution in [3.8, 4) is 11.5 Å². The smallest absolute Gasteiger partial charge is 0.336 e. The van der Waals surface area contributed by atoms with Gasteiger partial charge >= 0.3 is 11.6 Å². The van der Waals surface area contributed by atoms with E-state index < -0.39 is 17.6 Å². The molecule has 1 heterocycles. The Morgan fingerprint density at radius 3 is 2.48 bits per heavy atom. The third-order valence-electron chi connectivity index (χ3n) is 3.36. The summed E-state index contributed by atoms with van der Waals surface area (Å²) < 4.78 is 20.5. The molecule has 2 N–H and O–H groups in total. The zero-order valence-corrected chi connectivity index (χ0v) is 13.3. The summed E-state index contributed by atoms with van der Waals surface area (Å²) in [5.74, 6) is 0.407. The summed E-state index contributed by atoms with van der Waals surface area (Å²) in [4.78, 5) is 23.4. The van der Waals surface area contributed by atoms with Crippen LogP contribution in [0.25, 0.3) is 11.0 Å². The summed E-state index contributed by atoms with van der Waals surface area (Å²) in [6.07, 6.45) is 0.149. The predicted molar refractivity (Wildman–Crippen MR) is 83.9 cm³/mol. The Kier molecular flexibility index (Phi) is 5.23. The topological polar surface area (TPSA) is 101 Å². The van der Waals surface area contributed by atoms with Gasteiger partial charge in [-0.2, -0.15) is 0 Å². The van der Waals surface area contributed by atoms with E-state index in [0.29, 0.717) is 28.0 Å². The van der Waals surface area contributed by atoms with Crippen LogP contribution in [0.1, 0.15) is 12.5 Å². The van der Waals surface area contributed by atoms with Gasteiger partial charge in [0.25, 0.3) is 0 Å². The van der Waals surface area contributed by atoms with Crippen molar-refractivity contribution in [2.24, 2.45) is 5.73 Å². The summed E-state index contributed by atoms with van der Waals surface area (Å²) >= 11 is 0. The Morgan fingerprint density at radius 2 is 1.87 bits per heavy atom. The van der Waals surface area contributed by atoms with Gasteiger partial charge in [-0.15, -0.1) is 0 Å². The minimum atomic E-state index is -0.868. The van der Waals surface area contributed by atoms with Gasteiger partial charge in [-0.25, -0.2) is 4.79 Å². The first-order valence-corrected chi connectivity index (χ1v) is 7.11. The van der Waals surface area contributed by atoms with E-state index in [-0.39, 0.29) is 13.0 Å². The van der Waals surface area contributed by atoms with Crippen LogP contribution >= 0.6 is 0 Å². The van der Waals surface area contributed by atoms with Gasteiger partial charge in [0.15, 0.2) is 11.5 Å². The lowest BCUT2D eigenvalue weighted by Gasteiger charge is -2.13. The summed E-state index contributed by atoms with van der Waals surface area (Å²) in [7, 11) is 3.00. The molecule has 0 spiro atoms. The number of nitrogens with two attached hydrogens (primary N) is 1. The third kappa shape index (κ3) is 3.62. The van der Waals surface area contributed by atoms with Gasteiger partial charge in [-0.1, -0.05) is 0 Å². The van der Waals surface area contributed by atoms with Crippen LogP contribution in [0.5, 0.6) is 11.5 Å². The number of fused-ring (bicyclic) bond motifs is 1. The molecular formula is C16H19NO6. The fourth-order valence-corrected chi connectivity index (χ4v) is 2.29. The van der Waals surface area contributed by atoms with Crippen LogP contribution in [0.2, 0.25) is 0 Å². The van der Waals surface area contributed by atoms with Crippen LogP contribution in [0.4, 0.5) is 0 Å². The average Bonchev–Trinajstić information content (AvgIpc) is 2.53. The molecule has 2 rings (SSSR count). The van der Waals surface area contributed by atoms with Crippen LogP contribution in [0.3, 0.4) is 0 Å². The van der Waals surface area contributed by atoms with Crippen LogP contribution in [0, 0.1) is 0 Å². The van der Waals surface area contributed by atoms with Crippen molar-refractivity contribution in [3.63, 3.8) is 0 Å². The number of benzene rings is 1. The van der Waals surface area contributed by atoms with E-state index in [9.17, 15) is 9.59 Å². The van der Waals surface area contributed by atoms with Crippen molar-refractivity contribution >= 4 is 16.9 Å². The summed E-state index contributed by atoms with van der Waals surface area (Å²) in [6.45, 7) is 1.95. The van der Waals surface area contributed by atoms with Gasteiger partial charge in [0.2, 0.25) is 0 Å². The highest BCUT2D eigenvalue weighted by Gasteiger charge is 2.19. The molecule has 7 heteroatoms. The first-order valence-electron chi connectivity index (χ1n) is 7.11. The maximum absolute atomic E-state index is 11.7. The zero-order chi connectivity index (χ0) is 17.0. The molecular weight excluding hydrogens is 302 g/mol. The minimum Gasteiger partial charge on any atom is -0.493 e. The molecule has 1 aromatic heterocycles. The van der Waals surface area contributed by atoms with E-state index in [2.05, 4.69) is 0 Å². The predicted octanol–water partition coefficient (Wildman–Crippen LogP) is 1.24. The molecule has 0 aliphatic heterocycles. The number of hydrogen-bond acceptors (Lipinski definition) is 7. The van der Waals surface area contributed by atoms with E-state index in [0.717, 1.165) is 0 Å². The fraction of sp³-hybridized carbons (Fsp3) is 0.375. The van der Waals surface area contributed by atoms with E-state index in [1.807, 2.05) is 0 Å². The first kappa shape index (κ1) is 16.8. The molecule has 0 unspecified atom stereocenters. The molecule has 0 saturated heterocycles. The first-order chi connectivity index (χ1) is 11.0. The van der Waals surface area contributed by atoms with Gasteiger partial charge in [0, 0.05) is 17.5 Å². The number of esters is 1. The molecule has 0 fully saturated rings. The second kappa shape index (κ2) is 7.15. The SMILES string of the molecule is CCOC(=O)[C@@H](N)Cc1cc(=O)oc2cc(OC)c(OC)cc12. The van der Waals surface area contributed by atoms with E-state index in [1.165, 1.54) is 20.3 Å². The summed E-state index contributed by atoms with van der Waals surface area (Å²) in [5, 5.41) is 0.627. The Bertz CT molecular complexity index is 767. The van der Waals surface area contributed by atoms with Gasteiger partial charge in [-0.05, 0) is 25.0 Å². The van der Waals surface area contributed by atoms with Gasteiger partial charge in [-0.3, -0.25) is 4.79 Å². The second-order valence-corrected chi connectivity index (χ2v) is 4.86. The van der Waals surface area contributed by atoms with Crippen LogP contribution in [-0.2, 0) is 16.0 Å². The van der Waals surface area contributed by atoms with Crippen LogP contribution in [-0.4, -0.2) is 32.8 Å². The van der Waals surface area contributed by atoms with Gasteiger partial charge in [0.05, 0.1) is 20.8 Å². The highest BCUT2D eigenvalue weighted by Crippen LogP contribution is 2.33. The quantitative estimate of drug-likeness (QED) is 0.631. The zero-order valence-electron chi connectivity index (χ0n) is 13.3. The molecule has 2 aromatic rings. The van der Waals surface area contributed by atoms with Crippen molar-refractivity contribution in [2.45, 2.75) is 19.4 Å². The Morgan fingerprint density at radius 1 is 1.22 bits per heavy atom. The van der Waals surface area contributed by atoms with Crippen molar-refractivity contribution in [3.05, 3.63) is 34.2 Å². The number of ether oxygens (including phenoxy) is 3. The monoisotopic (exact) mass is 321 g/mol. The van der Waals surface area contributed by atoms with Crippen molar-refractivity contribution in [2.75, 3.05) is 20.8 Å². The number of rotatable bonds is 6. The molecule has 0 radical (unpaired) electrons. The van der Waals surface area contributed by atoms with Crippen LogP contribution < -0.4 is 20.8 Å². The van der Waals surface area contributed by atoms with E-state index >= 15 is 0 Å². The number of carbonyl (C=O) groups excluding carboxylic acids is 1. The molecule has 0 amide bonds. The second-order valence-electron chi connectivity index (χ2n) is 4.86. The number of hydrogen-bond donors (Lipinski definition) is 1. The minimum absolute atomic E-state index is 0.149. The maximum Gasteiger partial charge on any atom is 0.336 e. The van der Waals surface area contributed by atoms with Crippen LogP contribution in [0.15, 0.2) is 27.4 Å².